The van der Waals surface area contributed by atoms with Crippen molar-refractivity contribution in [3.63, 3.8) is 0 Å². The van der Waals surface area contributed by atoms with E-state index in [4.69, 9.17) is 0 Å². The molecule has 134 valence electrons. The van der Waals surface area contributed by atoms with Crippen molar-refractivity contribution in [3.8, 4) is 0 Å². The van der Waals surface area contributed by atoms with Gasteiger partial charge in [0.2, 0.25) is 0 Å². The highest BCUT2D eigenvalue weighted by Gasteiger charge is 2.37. The van der Waals surface area contributed by atoms with Gasteiger partial charge in [0.1, 0.15) is 6.33 Å². The fourth-order valence-electron chi connectivity index (χ4n) is 1.97. The Morgan fingerprint density at radius 3 is 1.92 bits per heavy atom. The topological polar surface area (TPSA) is 54.9 Å². The number of hydrogen-bond acceptors (Lipinski definition) is 3. The van der Waals surface area contributed by atoms with E-state index in [2.05, 4.69) is 15.3 Å². The minimum absolute atomic E-state index is 0.00377. The minimum Gasteiger partial charge on any atom is -0.352 e. The van der Waals surface area contributed by atoms with Gasteiger partial charge in [0.15, 0.2) is 0 Å². The molecular weight excluding hydrogens is 352 g/mol. The number of alkyl halides is 6. The number of carbonyl (C=O) groups is 1. The molecule has 0 aliphatic heterocycles. The maximum atomic E-state index is 12.8. The average molecular weight is 363 g/mol. The van der Waals surface area contributed by atoms with Gasteiger partial charge in [-0.05, 0) is 30.2 Å². The average Bonchev–Trinajstić information content (AvgIpc) is 2.53. The summed E-state index contributed by atoms with van der Waals surface area (Å²) in [6.45, 7) is 0.00377. The number of nitrogens with zero attached hydrogens (tertiary/aromatic N) is 2. The van der Waals surface area contributed by atoms with Crippen LogP contribution in [-0.2, 0) is 18.8 Å². The number of carbonyl (C=O) groups excluding carboxylic acids is 1. The summed E-state index contributed by atoms with van der Waals surface area (Å²) in [5.74, 6) is -1.03. The Morgan fingerprint density at radius 2 is 1.44 bits per heavy atom. The molecule has 0 atom stereocenters. The lowest BCUT2D eigenvalue weighted by Crippen LogP contribution is -2.26. The largest absolute Gasteiger partial charge is 0.416 e. The lowest BCUT2D eigenvalue weighted by atomic mass is 10.0. The minimum atomic E-state index is -5.00. The predicted octanol–water partition coefficient (Wildman–Crippen LogP) is 3.49. The van der Waals surface area contributed by atoms with Crippen LogP contribution in [0.15, 0.2) is 36.9 Å². The first-order valence-corrected chi connectivity index (χ1v) is 6.89. The van der Waals surface area contributed by atoms with Crippen LogP contribution in [0.2, 0.25) is 0 Å². The van der Waals surface area contributed by atoms with Crippen LogP contribution in [0.3, 0.4) is 0 Å². The lowest BCUT2D eigenvalue weighted by Gasteiger charge is -2.14. The number of benzene rings is 1. The highest BCUT2D eigenvalue weighted by molar-refractivity contribution is 5.94. The standard InChI is InChI=1S/C15H11F6N3O/c16-14(17,18)11-3-10(4-12(5-11)15(19,20)21)13(25)24-2-1-9-6-22-8-23-7-9/h3-8H,1-2H2,(H,24,25). The van der Waals surface area contributed by atoms with E-state index in [1.54, 1.807) is 0 Å². The van der Waals surface area contributed by atoms with Crippen LogP contribution in [0.1, 0.15) is 27.0 Å². The maximum absolute atomic E-state index is 12.8. The summed E-state index contributed by atoms with van der Waals surface area (Å²) in [4.78, 5) is 19.4. The molecule has 25 heavy (non-hydrogen) atoms. The van der Waals surface area contributed by atoms with Gasteiger partial charge in [0.05, 0.1) is 11.1 Å². The SMILES string of the molecule is O=C(NCCc1cncnc1)c1cc(C(F)(F)F)cc(C(F)(F)F)c1. The molecule has 0 saturated carbocycles. The number of aromatic nitrogens is 2. The third-order valence-corrected chi connectivity index (χ3v) is 3.16. The van der Waals surface area contributed by atoms with Gasteiger partial charge in [-0.25, -0.2) is 9.97 Å². The van der Waals surface area contributed by atoms with Crippen molar-refractivity contribution in [2.75, 3.05) is 6.54 Å². The third kappa shape index (κ3) is 5.16. The summed E-state index contributed by atoms with van der Waals surface area (Å²) >= 11 is 0. The molecule has 1 heterocycles. The fraction of sp³-hybridized carbons (Fsp3) is 0.267. The fourth-order valence-corrected chi connectivity index (χ4v) is 1.97. The van der Waals surface area contributed by atoms with E-state index in [9.17, 15) is 31.1 Å². The molecule has 2 rings (SSSR count). The Labute approximate surface area is 137 Å². The number of halogens is 6. The van der Waals surface area contributed by atoms with Gasteiger partial charge < -0.3 is 5.32 Å². The van der Waals surface area contributed by atoms with Crippen LogP contribution in [0, 0.1) is 0 Å². The van der Waals surface area contributed by atoms with E-state index in [0.29, 0.717) is 17.7 Å². The Balaban J connectivity index is 2.17. The van der Waals surface area contributed by atoms with Gasteiger partial charge in [0.25, 0.3) is 5.91 Å². The van der Waals surface area contributed by atoms with Crippen LogP contribution >= 0.6 is 0 Å². The van der Waals surface area contributed by atoms with E-state index in [-0.39, 0.29) is 19.0 Å². The molecule has 0 aliphatic rings. The zero-order chi connectivity index (χ0) is 18.7. The van der Waals surface area contributed by atoms with Gasteiger partial charge in [-0.1, -0.05) is 0 Å². The predicted molar refractivity (Wildman–Crippen MR) is 74.5 cm³/mol. The number of rotatable bonds is 4. The molecule has 1 amide bonds. The van der Waals surface area contributed by atoms with Gasteiger partial charge in [-0.15, -0.1) is 0 Å². The molecule has 0 aliphatic carbocycles. The van der Waals surface area contributed by atoms with Gasteiger partial charge in [-0.2, -0.15) is 26.3 Å². The van der Waals surface area contributed by atoms with Crippen LogP contribution in [0.5, 0.6) is 0 Å². The molecule has 0 saturated heterocycles. The quantitative estimate of drug-likeness (QED) is 0.847. The summed E-state index contributed by atoms with van der Waals surface area (Å²) < 4.78 is 76.6. The van der Waals surface area contributed by atoms with Crippen LogP contribution in [0.4, 0.5) is 26.3 Å². The zero-order valence-corrected chi connectivity index (χ0v) is 12.4. The van der Waals surface area contributed by atoms with Crippen molar-refractivity contribution in [1.29, 1.82) is 0 Å². The lowest BCUT2D eigenvalue weighted by molar-refractivity contribution is -0.143. The van der Waals surface area contributed by atoms with Crippen LogP contribution in [0.25, 0.3) is 0 Å². The molecule has 1 aromatic heterocycles. The molecule has 4 nitrogen and oxygen atoms in total. The summed E-state index contributed by atoms with van der Waals surface area (Å²) in [5.41, 5.74) is -3.14. The highest BCUT2D eigenvalue weighted by Crippen LogP contribution is 2.36. The van der Waals surface area contributed by atoms with Gasteiger partial charge >= 0.3 is 12.4 Å². The maximum Gasteiger partial charge on any atom is 0.416 e. The second-order valence-electron chi connectivity index (χ2n) is 5.05. The van der Waals surface area contributed by atoms with Crippen molar-refractivity contribution in [1.82, 2.24) is 15.3 Å². The second-order valence-corrected chi connectivity index (χ2v) is 5.05. The molecule has 1 N–H and O–H groups in total. The van der Waals surface area contributed by atoms with Crippen molar-refractivity contribution in [2.24, 2.45) is 0 Å². The van der Waals surface area contributed by atoms with Crippen molar-refractivity contribution >= 4 is 5.91 Å². The Morgan fingerprint density at radius 1 is 0.920 bits per heavy atom. The Kier molecular flexibility index (Phi) is 5.29. The van der Waals surface area contributed by atoms with Gasteiger partial charge in [0, 0.05) is 24.5 Å². The zero-order valence-electron chi connectivity index (χ0n) is 12.4. The molecule has 0 fully saturated rings. The Hall–Kier alpha value is -2.65. The van der Waals surface area contributed by atoms with Crippen LogP contribution < -0.4 is 5.32 Å². The normalized spacial score (nSPS) is 12.1. The van der Waals surface area contributed by atoms with Crippen molar-refractivity contribution in [2.45, 2.75) is 18.8 Å². The van der Waals surface area contributed by atoms with E-state index in [0.717, 1.165) is 0 Å². The number of amides is 1. The first kappa shape index (κ1) is 18.7. The van der Waals surface area contributed by atoms with E-state index in [1.807, 2.05) is 0 Å². The summed E-state index contributed by atoms with van der Waals surface area (Å²) in [5, 5.41) is 2.28. The first-order chi connectivity index (χ1) is 11.6. The van der Waals surface area contributed by atoms with E-state index in [1.165, 1.54) is 18.7 Å². The van der Waals surface area contributed by atoms with Crippen molar-refractivity contribution < 1.29 is 31.1 Å². The molecule has 2 aromatic rings. The summed E-state index contributed by atoms with van der Waals surface area (Å²) in [7, 11) is 0. The smallest absolute Gasteiger partial charge is 0.352 e. The monoisotopic (exact) mass is 363 g/mol. The molecule has 10 heteroatoms. The van der Waals surface area contributed by atoms with Crippen molar-refractivity contribution in [3.05, 3.63) is 59.2 Å². The van der Waals surface area contributed by atoms with E-state index >= 15 is 0 Å². The molecule has 0 spiro atoms. The molecule has 0 bridgehead atoms. The molecular formula is C15H11F6N3O. The third-order valence-electron chi connectivity index (χ3n) is 3.16. The molecule has 1 aromatic carbocycles. The van der Waals surface area contributed by atoms with E-state index < -0.39 is 35.0 Å². The Bertz CT molecular complexity index is 711. The van der Waals surface area contributed by atoms with Crippen LogP contribution in [-0.4, -0.2) is 22.4 Å². The number of nitrogens with one attached hydrogen (secondary N) is 1. The van der Waals surface area contributed by atoms with Gasteiger partial charge in [-0.3, -0.25) is 4.79 Å². The summed E-state index contributed by atoms with van der Waals surface area (Å²) in [6.07, 6.45) is -5.48. The highest BCUT2D eigenvalue weighted by atomic mass is 19.4. The summed E-state index contributed by atoms with van der Waals surface area (Å²) in [6, 6.07) is 0.741. The molecule has 0 unspecified atom stereocenters. The first-order valence-electron chi connectivity index (χ1n) is 6.89. The second kappa shape index (κ2) is 7.08. The molecule has 0 radical (unpaired) electrons. The number of hydrogen-bond donors (Lipinski definition) is 1.